The first-order chi connectivity index (χ1) is 5.99. The van der Waals surface area contributed by atoms with E-state index in [1.54, 1.807) is 0 Å². The van der Waals surface area contributed by atoms with Gasteiger partial charge in [-0.1, -0.05) is 13.8 Å². The van der Waals surface area contributed by atoms with Gasteiger partial charge in [-0.05, 0) is 18.8 Å². The van der Waals surface area contributed by atoms with Crippen LogP contribution < -0.4 is 11.1 Å². The van der Waals surface area contributed by atoms with Gasteiger partial charge < -0.3 is 16.2 Å². The summed E-state index contributed by atoms with van der Waals surface area (Å²) < 4.78 is 0. The molecule has 76 valence electrons. The quantitative estimate of drug-likeness (QED) is 0.559. The van der Waals surface area contributed by atoms with Gasteiger partial charge in [0.1, 0.15) is 0 Å². The molecule has 0 heterocycles. The van der Waals surface area contributed by atoms with Crippen molar-refractivity contribution in [2.45, 2.75) is 38.3 Å². The molecule has 4 nitrogen and oxygen atoms in total. The minimum Gasteiger partial charge on any atom is -0.394 e. The molecule has 0 aromatic heterocycles. The molecule has 0 unspecified atom stereocenters. The lowest BCUT2D eigenvalue weighted by Gasteiger charge is -2.21. The van der Waals surface area contributed by atoms with Crippen LogP contribution in [0.5, 0.6) is 0 Å². The van der Waals surface area contributed by atoms with Crippen LogP contribution in [-0.2, 0) is 4.79 Å². The number of aliphatic hydroxyl groups is 1. The summed E-state index contributed by atoms with van der Waals surface area (Å²) in [5.74, 6) is 0.108. The molecule has 0 aliphatic heterocycles. The van der Waals surface area contributed by atoms with E-state index in [-0.39, 0.29) is 24.5 Å². The number of carbonyl (C=O) groups is 1. The van der Waals surface area contributed by atoms with Gasteiger partial charge in [0.2, 0.25) is 5.91 Å². The lowest BCUT2D eigenvalue weighted by Crippen LogP contribution is -2.50. The Bertz CT molecular complexity index is 200. The molecule has 0 saturated heterocycles. The van der Waals surface area contributed by atoms with E-state index in [1.165, 1.54) is 0 Å². The number of hydrogen-bond donors (Lipinski definition) is 3. The van der Waals surface area contributed by atoms with Gasteiger partial charge in [0.15, 0.2) is 0 Å². The van der Waals surface area contributed by atoms with Crippen LogP contribution in [-0.4, -0.2) is 29.2 Å². The van der Waals surface area contributed by atoms with E-state index in [4.69, 9.17) is 10.8 Å². The third kappa shape index (κ3) is 2.42. The average Bonchev–Trinajstić information content (AvgIpc) is 2.79. The number of nitrogens with two attached hydrogens (primary N) is 1. The number of amides is 1. The topological polar surface area (TPSA) is 75.3 Å². The fraction of sp³-hybridized carbons (Fsp3) is 0.889. The first kappa shape index (κ1) is 10.5. The van der Waals surface area contributed by atoms with Crippen molar-refractivity contribution in [1.82, 2.24) is 5.32 Å². The van der Waals surface area contributed by atoms with Gasteiger partial charge in [-0.3, -0.25) is 4.79 Å². The summed E-state index contributed by atoms with van der Waals surface area (Å²) in [5, 5.41) is 11.7. The second kappa shape index (κ2) is 3.64. The molecule has 1 saturated carbocycles. The zero-order valence-corrected chi connectivity index (χ0v) is 8.21. The van der Waals surface area contributed by atoms with Gasteiger partial charge in [0.25, 0.3) is 0 Å². The van der Waals surface area contributed by atoms with Gasteiger partial charge >= 0.3 is 0 Å². The summed E-state index contributed by atoms with van der Waals surface area (Å²) in [6.07, 6.45) is 1.52. The molecule has 1 aliphatic rings. The lowest BCUT2D eigenvalue weighted by atomic mass is 10.0. The highest BCUT2D eigenvalue weighted by molar-refractivity contribution is 5.89. The molecule has 0 radical (unpaired) electrons. The van der Waals surface area contributed by atoms with Gasteiger partial charge in [-0.25, -0.2) is 0 Å². The molecule has 0 aromatic carbocycles. The van der Waals surface area contributed by atoms with E-state index in [0.29, 0.717) is 0 Å². The normalized spacial score (nSPS) is 21.3. The molecule has 4 heteroatoms. The van der Waals surface area contributed by atoms with Crippen LogP contribution in [0.3, 0.4) is 0 Å². The Balaban J connectivity index is 2.42. The zero-order valence-electron chi connectivity index (χ0n) is 8.21. The van der Waals surface area contributed by atoms with Crippen LogP contribution in [0.25, 0.3) is 0 Å². The van der Waals surface area contributed by atoms with Crippen LogP contribution in [0.4, 0.5) is 0 Å². The average molecular weight is 186 g/mol. The molecular weight excluding hydrogens is 168 g/mol. The summed E-state index contributed by atoms with van der Waals surface area (Å²) in [6.45, 7) is 3.88. The van der Waals surface area contributed by atoms with Crippen LogP contribution in [0, 0.1) is 5.92 Å². The van der Waals surface area contributed by atoms with Crippen molar-refractivity contribution >= 4 is 5.91 Å². The first-order valence-electron chi connectivity index (χ1n) is 4.70. The first-order valence-corrected chi connectivity index (χ1v) is 4.70. The second-order valence-electron chi connectivity index (χ2n) is 4.16. The molecular formula is C9H18N2O2. The Hall–Kier alpha value is -0.610. The molecule has 13 heavy (non-hydrogen) atoms. The fourth-order valence-corrected chi connectivity index (χ4v) is 1.10. The van der Waals surface area contributed by atoms with Crippen molar-refractivity contribution < 1.29 is 9.90 Å². The third-order valence-corrected chi connectivity index (χ3v) is 2.56. The summed E-state index contributed by atoms with van der Waals surface area (Å²) >= 11 is 0. The Labute approximate surface area is 78.5 Å². The van der Waals surface area contributed by atoms with E-state index in [2.05, 4.69) is 5.32 Å². The highest BCUT2D eigenvalue weighted by atomic mass is 16.3. The van der Waals surface area contributed by atoms with Crippen LogP contribution in [0.15, 0.2) is 0 Å². The van der Waals surface area contributed by atoms with E-state index < -0.39 is 5.54 Å². The Morgan fingerprint density at radius 2 is 2.15 bits per heavy atom. The third-order valence-electron chi connectivity index (χ3n) is 2.56. The monoisotopic (exact) mass is 186 g/mol. The summed E-state index contributed by atoms with van der Waals surface area (Å²) in [6, 6.07) is -0.173. The number of aliphatic hydroxyl groups excluding tert-OH is 1. The number of rotatable bonds is 4. The van der Waals surface area contributed by atoms with E-state index in [9.17, 15) is 4.79 Å². The molecule has 1 rings (SSSR count). The highest BCUT2D eigenvalue weighted by Gasteiger charge is 2.46. The molecule has 1 aliphatic carbocycles. The maximum absolute atomic E-state index is 11.5. The molecule has 1 fully saturated rings. The largest absolute Gasteiger partial charge is 0.394 e. The molecule has 0 bridgehead atoms. The predicted molar refractivity (Wildman–Crippen MR) is 50.0 cm³/mol. The standard InChI is InChI=1S/C9H18N2O2/c1-6(2)7(5-12)11-8(13)9(10)3-4-9/h6-7,12H,3-5,10H2,1-2H3,(H,11,13)/t7-/m1/s1. The number of carbonyl (C=O) groups excluding carboxylic acids is 1. The van der Waals surface area contributed by atoms with Crippen molar-refractivity contribution in [3.8, 4) is 0 Å². The van der Waals surface area contributed by atoms with Crippen LogP contribution in [0.2, 0.25) is 0 Å². The van der Waals surface area contributed by atoms with E-state index >= 15 is 0 Å². The Kier molecular flexibility index (Phi) is 2.93. The number of hydrogen-bond acceptors (Lipinski definition) is 3. The minimum atomic E-state index is -0.637. The summed E-state index contributed by atoms with van der Waals surface area (Å²) in [4.78, 5) is 11.5. The number of nitrogens with one attached hydrogen (secondary N) is 1. The highest BCUT2D eigenvalue weighted by Crippen LogP contribution is 2.32. The molecule has 0 spiro atoms. The molecule has 1 amide bonds. The lowest BCUT2D eigenvalue weighted by molar-refractivity contribution is -0.124. The summed E-state index contributed by atoms with van der Waals surface area (Å²) in [5.41, 5.74) is 5.06. The van der Waals surface area contributed by atoms with Gasteiger partial charge in [0.05, 0.1) is 18.2 Å². The smallest absolute Gasteiger partial charge is 0.240 e. The minimum absolute atomic E-state index is 0.0283. The van der Waals surface area contributed by atoms with Crippen molar-refractivity contribution in [3.63, 3.8) is 0 Å². The zero-order chi connectivity index (χ0) is 10.1. The predicted octanol–water partition coefficient (Wildman–Crippen LogP) is -0.389. The SMILES string of the molecule is CC(C)[C@@H](CO)NC(=O)C1(N)CC1. The molecule has 4 N–H and O–H groups in total. The molecule has 1 atom stereocenters. The molecule has 0 aromatic rings. The van der Waals surface area contributed by atoms with Gasteiger partial charge in [-0.2, -0.15) is 0 Å². The van der Waals surface area contributed by atoms with Gasteiger partial charge in [0, 0.05) is 0 Å². The van der Waals surface area contributed by atoms with Crippen molar-refractivity contribution in [3.05, 3.63) is 0 Å². The van der Waals surface area contributed by atoms with E-state index in [0.717, 1.165) is 12.8 Å². The fourth-order valence-electron chi connectivity index (χ4n) is 1.10. The maximum atomic E-state index is 11.5. The van der Waals surface area contributed by atoms with Crippen molar-refractivity contribution in [2.24, 2.45) is 11.7 Å². The Morgan fingerprint density at radius 1 is 1.62 bits per heavy atom. The summed E-state index contributed by atoms with van der Waals surface area (Å²) in [7, 11) is 0. The van der Waals surface area contributed by atoms with Crippen LogP contribution in [0.1, 0.15) is 26.7 Å². The maximum Gasteiger partial charge on any atom is 0.240 e. The van der Waals surface area contributed by atoms with E-state index in [1.807, 2.05) is 13.8 Å². The van der Waals surface area contributed by atoms with Gasteiger partial charge in [-0.15, -0.1) is 0 Å². The Morgan fingerprint density at radius 3 is 2.46 bits per heavy atom. The van der Waals surface area contributed by atoms with Crippen molar-refractivity contribution in [1.29, 1.82) is 0 Å². The second-order valence-corrected chi connectivity index (χ2v) is 4.16. The van der Waals surface area contributed by atoms with Crippen molar-refractivity contribution in [2.75, 3.05) is 6.61 Å². The van der Waals surface area contributed by atoms with Crippen LogP contribution >= 0.6 is 0 Å².